The number of nitrogen functional groups attached to an aromatic ring is 1. The molecule has 0 spiro atoms. The van der Waals surface area contributed by atoms with Crippen molar-refractivity contribution in [1.82, 2.24) is 9.97 Å². The van der Waals surface area contributed by atoms with E-state index in [0.717, 1.165) is 11.3 Å². The molecule has 2 heterocycles. The van der Waals surface area contributed by atoms with Crippen LogP contribution in [0.4, 0.5) is 5.69 Å². The molecule has 0 amide bonds. The van der Waals surface area contributed by atoms with Crippen molar-refractivity contribution < 1.29 is 0 Å². The first kappa shape index (κ1) is 12.0. The highest BCUT2D eigenvalue weighted by Crippen LogP contribution is 2.18. The van der Waals surface area contributed by atoms with E-state index in [-0.39, 0.29) is 5.84 Å². The molecule has 0 aromatic carbocycles. The Morgan fingerprint density at radius 2 is 2.11 bits per heavy atom. The van der Waals surface area contributed by atoms with Crippen molar-refractivity contribution in [2.24, 2.45) is 5.73 Å². The van der Waals surface area contributed by atoms with Gasteiger partial charge in [-0.05, 0) is 23.8 Å². The molecule has 0 unspecified atom stereocenters. The molecule has 0 saturated carbocycles. The minimum atomic E-state index is -0.0244. The second-order valence-electron chi connectivity index (χ2n) is 4.00. The van der Waals surface area contributed by atoms with Crippen molar-refractivity contribution in [3.05, 3.63) is 54.1 Å². The predicted octanol–water partition coefficient (Wildman–Crippen LogP) is 1.40. The van der Waals surface area contributed by atoms with Gasteiger partial charge in [-0.3, -0.25) is 15.4 Å². The first-order valence-electron chi connectivity index (χ1n) is 5.58. The predicted molar refractivity (Wildman–Crippen MR) is 71.6 cm³/mol. The van der Waals surface area contributed by atoms with E-state index in [1.165, 1.54) is 0 Å². The van der Waals surface area contributed by atoms with Crippen molar-refractivity contribution >= 4 is 11.5 Å². The van der Waals surface area contributed by atoms with E-state index in [1.807, 2.05) is 42.4 Å². The van der Waals surface area contributed by atoms with E-state index in [4.69, 9.17) is 11.1 Å². The summed E-state index contributed by atoms with van der Waals surface area (Å²) in [4.78, 5) is 10.2. The lowest BCUT2D eigenvalue weighted by molar-refractivity contribution is 0.907. The van der Waals surface area contributed by atoms with Gasteiger partial charge in [0.1, 0.15) is 11.5 Å². The van der Waals surface area contributed by atoms with Crippen LogP contribution in [-0.4, -0.2) is 22.9 Å². The van der Waals surface area contributed by atoms with Crippen LogP contribution in [0.5, 0.6) is 0 Å². The molecule has 0 aliphatic heterocycles. The number of nitrogens with zero attached hydrogens (tertiary/aromatic N) is 3. The Morgan fingerprint density at radius 1 is 1.33 bits per heavy atom. The normalized spacial score (nSPS) is 10.1. The number of rotatable bonds is 4. The second kappa shape index (κ2) is 5.27. The minimum absolute atomic E-state index is 0.0244. The van der Waals surface area contributed by atoms with Gasteiger partial charge in [-0.25, -0.2) is 0 Å². The molecule has 92 valence electrons. The Labute approximate surface area is 106 Å². The standard InChI is InChI=1S/C13H15N5/c1-18(9-10-4-2-6-16-8-10)11-5-3-7-17-12(11)13(14)15/h2-8H,9H2,1H3,(H3,14,15). The van der Waals surface area contributed by atoms with Gasteiger partial charge in [-0.15, -0.1) is 0 Å². The molecular formula is C13H15N5. The van der Waals surface area contributed by atoms with Gasteiger partial charge in [-0.2, -0.15) is 0 Å². The van der Waals surface area contributed by atoms with E-state index < -0.39 is 0 Å². The second-order valence-corrected chi connectivity index (χ2v) is 4.00. The molecule has 2 aromatic rings. The van der Waals surface area contributed by atoms with Gasteiger partial charge in [0, 0.05) is 32.2 Å². The van der Waals surface area contributed by atoms with Crippen LogP contribution in [0.3, 0.4) is 0 Å². The number of pyridine rings is 2. The number of amidine groups is 1. The lowest BCUT2D eigenvalue weighted by atomic mass is 10.2. The SMILES string of the molecule is CN(Cc1cccnc1)c1cccnc1C(=N)N. The first-order valence-corrected chi connectivity index (χ1v) is 5.58. The van der Waals surface area contributed by atoms with Crippen LogP contribution in [0, 0.1) is 5.41 Å². The number of nitrogens with one attached hydrogen (secondary N) is 1. The average molecular weight is 241 g/mol. The summed E-state index contributed by atoms with van der Waals surface area (Å²) >= 11 is 0. The third kappa shape index (κ3) is 2.63. The third-order valence-corrected chi connectivity index (χ3v) is 2.60. The van der Waals surface area contributed by atoms with E-state index in [9.17, 15) is 0 Å². The lowest BCUT2D eigenvalue weighted by Gasteiger charge is -2.21. The summed E-state index contributed by atoms with van der Waals surface area (Å²) in [7, 11) is 1.94. The fourth-order valence-corrected chi connectivity index (χ4v) is 1.76. The summed E-state index contributed by atoms with van der Waals surface area (Å²) in [6, 6.07) is 7.65. The van der Waals surface area contributed by atoms with Gasteiger partial charge < -0.3 is 10.6 Å². The Kier molecular flexibility index (Phi) is 3.52. The Hall–Kier alpha value is -2.43. The summed E-state index contributed by atoms with van der Waals surface area (Å²) in [5.41, 5.74) is 7.97. The number of hydrogen-bond donors (Lipinski definition) is 2. The van der Waals surface area contributed by atoms with Crippen molar-refractivity contribution in [3.63, 3.8) is 0 Å². The van der Waals surface area contributed by atoms with Gasteiger partial charge >= 0.3 is 0 Å². The zero-order chi connectivity index (χ0) is 13.0. The molecule has 18 heavy (non-hydrogen) atoms. The van der Waals surface area contributed by atoms with Crippen LogP contribution < -0.4 is 10.6 Å². The topological polar surface area (TPSA) is 78.9 Å². The van der Waals surface area contributed by atoms with Gasteiger partial charge in [0.15, 0.2) is 0 Å². The largest absolute Gasteiger partial charge is 0.382 e. The highest BCUT2D eigenvalue weighted by atomic mass is 15.1. The van der Waals surface area contributed by atoms with Crippen LogP contribution in [0.15, 0.2) is 42.9 Å². The monoisotopic (exact) mass is 241 g/mol. The van der Waals surface area contributed by atoms with Crippen molar-refractivity contribution in [3.8, 4) is 0 Å². The molecule has 0 aliphatic carbocycles. The van der Waals surface area contributed by atoms with Crippen molar-refractivity contribution in [2.75, 3.05) is 11.9 Å². The molecule has 2 rings (SSSR count). The smallest absolute Gasteiger partial charge is 0.143 e. The summed E-state index contributed by atoms with van der Waals surface area (Å²) in [5, 5.41) is 7.53. The number of anilines is 1. The van der Waals surface area contributed by atoms with Gasteiger partial charge in [-0.1, -0.05) is 6.07 Å². The van der Waals surface area contributed by atoms with E-state index in [2.05, 4.69) is 9.97 Å². The Balaban J connectivity index is 2.24. The summed E-state index contributed by atoms with van der Waals surface area (Å²) in [5.74, 6) is -0.0244. The highest BCUT2D eigenvalue weighted by molar-refractivity contribution is 5.98. The van der Waals surface area contributed by atoms with E-state index in [1.54, 1.807) is 12.4 Å². The molecule has 0 fully saturated rings. The third-order valence-electron chi connectivity index (χ3n) is 2.60. The highest BCUT2D eigenvalue weighted by Gasteiger charge is 2.10. The molecule has 2 aromatic heterocycles. The van der Waals surface area contributed by atoms with Crippen LogP contribution >= 0.6 is 0 Å². The lowest BCUT2D eigenvalue weighted by Crippen LogP contribution is -2.23. The maximum Gasteiger partial charge on any atom is 0.143 e. The Morgan fingerprint density at radius 3 is 2.78 bits per heavy atom. The van der Waals surface area contributed by atoms with Gasteiger partial charge in [0.25, 0.3) is 0 Å². The van der Waals surface area contributed by atoms with Crippen LogP contribution in [-0.2, 0) is 6.54 Å². The Bertz CT molecular complexity index is 538. The molecule has 0 saturated heterocycles. The number of nitrogens with two attached hydrogens (primary N) is 1. The maximum absolute atomic E-state index is 7.53. The molecule has 5 heteroatoms. The molecule has 0 bridgehead atoms. The fourth-order valence-electron chi connectivity index (χ4n) is 1.76. The molecule has 0 atom stereocenters. The molecule has 5 nitrogen and oxygen atoms in total. The summed E-state index contributed by atoms with van der Waals surface area (Å²) in [6.07, 6.45) is 5.20. The molecular weight excluding hydrogens is 226 g/mol. The minimum Gasteiger partial charge on any atom is -0.382 e. The van der Waals surface area contributed by atoms with Crippen LogP contribution in [0.1, 0.15) is 11.3 Å². The summed E-state index contributed by atoms with van der Waals surface area (Å²) < 4.78 is 0. The van der Waals surface area contributed by atoms with Crippen LogP contribution in [0.25, 0.3) is 0 Å². The average Bonchev–Trinajstić information content (AvgIpc) is 2.40. The molecule has 3 N–H and O–H groups in total. The maximum atomic E-state index is 7.53. The van der Waals surface area contributed by atoms with Crippen molar-refractivity contribution in [1.29, 1.82) is 5.41 Å². The zero-order valence-electron chi connectivity index (χ0n) is 10.2. The van der Waals surface area contributed by atoms with Crippen molar-refractivity contribution in [2.45, 2.75) is 6.54 Å². The first-order chi connectivity index (χ1) is 8.68. The van der Waals surface area contributed by atoms with Gasteiger partial charge in [0.05, 0.1) is 5.69 Å². The number of hydrogen-bond acceptors (Lipinski definition) is 4. The molecule has 0 aliphatic rings. The molecule has 0 radical (unpaired) electrons. The quantitative estimate of drug-likeness (QED) is 0.626. The zero-order valence-corrected chi connectivity index (χ0v) is 10.2. The van der Waals surface area contributed by atoms with Crippen LogP contribution in [0.2, 0.25) is 0 Å². The van der Waals surface area contributed by atoms with E-state index >= 15 is 0 Å². The van der Waals surface area contributed by atoms with E-state index in [0.29, 0.717) is 12.2 Å². The fraction of sp³-hybridized carbons (Fsp3) is 0.154. The summed E-state index contributed by atoms with van der Waals surface area (Å²) in [6.45, 7) is 0.694. The number of aromatic nitrogens is 2. The van der Waals surface area contributed by atoms with Gasteiger partial charge in [0.2, 0.25) is 0 Å².